The van der Waals surface area contributed by atoms with E-state index in [0.717, 1.165) is 0 Å². The third kappa shape index (κ3) is 2.38. The van der Waals surface area contributed by atoms with Crippen molar-refractivity contribution in [3.8, 4) is 0 Å². The molecule has 3 nitrogen and oxygen atoms in total. The van der Waals surface area contributed by atoms with Gasteiger partial charge in [-0.05, 0) is 17.5 Å². The number of hydrogen-bond acceptors (Lipinski definition) is 2. The molecule has 1 N–H and O–H groups in total. The van der Waals surface area contributed by atoms with E-state index < -0.39 is 5.97 Å². The summed E-state index contributed by atoms with van der Waals surface area (Å²) in [6.45, 7) is 0. The van der Waals surface area contributed by atoms with Gasteiger partial charge in [-0.15, -0.1) is 0 Å². The number of rotatable bonds is 2. The average molecular weight is 201 g/mol. The van der Waals surface area contributed by atoms with Gasteiger partial charge in [0.05, 0.1) is 5.48 Å². The summed E-state index contributed by atoms with van der Waals surface area (Å²) in [5, 5.41) is 10.7. The number of carbonyl (C=O) groups excluding carboxylic acids is 1. The first kappa shape index (κ1) is 6.67. The molecular weight excluding hydrogens is 189 g/mol. The summed E-state index contributed by atoms with van der Waals surface area (Å²) >= 11 is 0. The number of carboxylic acids is 1. The Morgan fingerprint density at radius 2 is 2.21 bits per heavy atom. The SMILES string of the molecule is [2H]c1c([2H])c([2H])c2[nH]c(CC(=O)[O-])cc2c1[2H].[Na+]. The standard InChI is InChI=1S/C10H9NO2.Na/c12-10(13)6-8-5-7-3-1-2-4-9(7)11-8;/h1-5,11H,6H2,(H,12,13);/q;+1/p-1/i1D,2D,3D,4D;. The summed E-state index contributed by atoms with van der Waals surface area (Å²) < 4.78 is 30.2. The van der Waals surface area contributed by atoms with E-state index in [1.165, 1.54) is 6.07 Å². The molecule has 0 saturated heterocycles. The van der Waals surface area contributed by atoms with E-state index in [2.05, 4.69) is 4.98 Å². The predicted octanol–water partition coefficient (Wildman–Crippen LogP) is -2.54. The number of aromatic amines is 1. The van der Waals surface area contributed by atoms with Crippen LogP contribution in [0.2, 0.25) is 0 Å². The van der Waals surface area contributed by atoms with Crippen molar-refractivity contribution >= 4 is 16.9 Å². The van der Waals surface area contributed by atoms with Gasteiger partial charge < -0.3 is 14.9 Å². The Hall–Kier alpha value is -0.770. The number of fused-ring (bicyclic) bond motifs is 1. The van der Waals surface area contributed by atoms with Crippen molar-refractivity contribution in [1.29, 1.82) is 0 Å². The first-order chi connectivity index (χ1) is 7.91. The number of benzene rings is 1. The van der Waals surface area contributed by atoms with Crippen LogP contribution < -0.4 is 34.7 Å². The van der Waals surface area contributed by atoms with Crippen molar-refractivity contribution in [2.75, 3.05) is 0 Å². The molecule has 1 heterocycles. The topological polar surface area (TPSA) is 55.9 Å². The van der Waals surface area contributed by atoms with Crippen LogP contribution in [-0.4, -0.2) is 11.0 Å². The van der Waals surface area contributed by atoms with Crippen LogP contribution in [0.1, 0.15) is 11.2 Å². The molecule has 0 amide bonds. The van der Waals surface area contributed by atoms with E-state index in [0.29, 0.717) is 5.69 Å². The summed E-state index contributed by atoms with van der Waals surface area (Å²) in [6, 6.07) is 0.349. The number of carbonyl (C=O) groups is 1. The Morgan fingerprint density at radius 3 is 2.93 bits per heavy atom. The Morgan fingerprint density at radius 1 is 1.50 bits per heavy atom. The van der Waals surface area contributed by atoms with Gasteiger partial charge in [-0.25, -0.2) is 0 Å². The van der Waals surface area contributed by atoms with Gasteiger partial charge in [-0.1, -0.05) is 18.1 Å². The van der Waals surface area contributed by atoms with Crippen LogP contribution >= 0.6 is 0 Å². The van der Waals surface area contributed by atoms with Gasteiger partial charge in [0.25, 0.3) is 0 Å². The van der Waals surface area contributed by atoms with Gasteiger partial charge in [0, 0.05) is 23.6 Å². The maximum Gasteiger partial charge on any atom is 1.00 e. The van der Waals surface area contributed by atoms with E-state index >= 15 is 0 Å². The Bertz CT molecular complexity index is 581. The molecule has 0 bridgehead atoms. The van der Waals surface area contributed by atoms with Crippen LogP contribution in [0, 0.1) is 0 Å². The Labute approximate surface area is 109 Å². The van der Waals surface area contributed by atoms with Gasteiger partial charge in [-0.3, -0.25) is 0 Å². The second-order valence-corrected chi connectivity index (χ2v) is 2.63. The largest absolute Gasteiger partial charge is 1.00 e. The van der Waals surface area contributed by atoms with Crippen LogP contribution in [0.15, 0.2) is 30.2 Å². The van der Waals surface area contributed by atoms with Crippen molar-refractivity contribution < 1.29 is 44.9 Å². The first-order valence-corrected chi connectivity index (χ1v) is 3.69. The number of para-hydroxylation sites is 1. The van der Waals surface area contributed by atoms with Gasteiger partial charge in [0.15, 0.2) is 0 Å². The number of nitrogens with one attached hydrogen (secondary N) is 1. The van der Waals surface area contributed by atoms with Gasteiger partial charge in [-0.2, -0.15) is 0 Å². The summed E-state index contributed by atoms with van der Waals surface area (Å²) in [5.41, 5.74) is 0.513. The number of aromatic nitrogens is 1. The molecule has 0 atom stereocenters. The molecule has 1 aromatic carbocycles. The van der Waals surface area contributed by atoms with Crippen LogP contribution in [0.25, 0.3) is 10.9 Å². The van der Waals surface area contributed by atoms with E-state index in [1.54, 1.807) is 0 Å². The third-order valence-corrected chi connectivity index (χ3v) is 1.66. The Kier molecular flexibility index (Phi) is 2.21. The molecule has 0 fully saturated rings. The molecule has 0 spiro atoms. The van der Waals surface area contributed by atoms with Crippen LogP contribution in [-0.2, 0) is 11.2 Å². The van der Waals surface area contributed by atoms with Crippen molar-refractivity contribution in [3.05, 3.63) is 35.9 Å². The molecule has 2 aromatic rings. The normalized spacial score (nSPS) is 13.7. The smallest absolute Gasteiger partial charge is 0.550 e. The molecular formula is C10H8NNaO2. The first-order valence-electron chi connectivity index (χ1n) is 5.69. The zero-order valence-corrected chi connectivity index (χ0v) is 9.60. The maximum atomic E-state index is 10.5. The maximum absolute atomic E-state index is 10.5. The predicted molar refractivity (Wildman–Crippen MR) is 47.0 cm³/mol. The molecule has 66 valence electrons. The van der Waals surface area contributed by atoms with Crippen molar-refractivity contribution in [2.45, 2.75) is 6.42 Å². The average Bonchev–Trinajstić information content (AvgIpc) is 2.66. The molecule has 1 aromatic heterocycles. The van der Waals surface area contributed by atoms with E-state index in [4.69, 9.17) is 5.48 Å². The van der Waals surface area contributed by atoms with Crippen molar-refractivity contribution in [2.24, 2.45) is 0 Å². The molecule has 0 aliphatic heterocycles. The fourth-order valence-electron chi connectivity index (χ4n) is 1.15. The van der Waals surface area contributed by atoms with Gasteiger partial charge in [0.1, 0.15) is 0 Å². The van der Waals surface area contributed by atoms with E-state index in [1.807, 2.05) is 0 Å². The van der Waals surface area contributed by atoms with Crippen molar-refractivity contribution in [1.82, 2.24) is 4.98 Å². The summed E-state index contributed by atoms with van der Waals surface area (Å²) in [5.74, 6) is -1.27. The molecule has 0 radical (unpaired) electrons. The molecule has 0 saturated carbocycles. The number of carboxylic acid groups (broad SMARTS) is 1. The van der Waals surface area contributed by atoms with Crippen LogP contribution in [0.4, 0.5) is 0 Å². The number of aliphatic carboxylic acids is 1. The molecule has 14 heavy (non-hydrogen) atoms. The molecule has 0 aliphatic carbocycles. The quantitative estimate of drug-likeness (QED) is 0.544. The minimum atomic E-state index is -1.27. The fraction of sp³-hybridized carbons (Fsp3) is 0.100. The van der Waals surface area contributed by atoms with Crippen molar-refractivity contribution in [3.63, 3.8) is 0 Å². The zero-order valence-electron chi connectivity index (χ0n) is 11.6. The Balaban J connectivity index is 0.00000162. The fourth-order valence-corrected chi connectivity index (χ4v) is 1.15. The molecule has 2 rings (SSSR count). The summed E-state index contributed by atoms with van der Waals surface area (Å²) in [4.78, 5) is 13.1. The van der Waals surface area contributed by atoms with E-state index in [-0.39, 0.29) is 71.1 Å². The summed E-state index contributed by atoms with van der Waals surface area (Å²) in [6.07, 6.45) is -0.353. The van der Waals surface area contributed by atoms with Gasteiger partial charge in [0.2, 0.25) is 0 Å². The molecule has 0 unspecified atom stereocenters. The third-order valence-electron chi connectivity index (χ3n) is 1.66. The molecule has 0 aliphatic rings. The van der Waals surface area contributed by atoms with Gasteiger partial charge >= 0.3 is 29.6 Å². The number of hydrogen-bond donors (Lipinski definition) is 1. The van der Waals surface area contributed by atoms with Crippen LogP contribution in [0.5, 0.6) is 0 Å². The van der Waals surface area contributed by atoms with E-state index in [9.17, 15) is 9.90 Å². The zero-order chi connectivity index (χ0) is 12.7. The van der Waals surface area contributed by atoms with Crippen LogP contribution in [0.3, 0.4) is 0 Å². The summed E-state index contributed by atoms with van der Waals surface area (Å²) in [7, 11) is 0. The minimum Gasteiger partial charge on any atom is -0.550 e. The number of H-pyrrole nitrogens is 1. The minimum absolute atomic E-state index is 0. The second-order valence-electron chi connectivity index (χ2n) is 2.63. The second kappa shape index (κ2) is 4.64. The monoisotopic (exact) mass is 201 g/mol. The molecule has 4 heteroatoms.